The lowest BCUT2D eigenvalue weighted by Crippen LogP contribution is -2.21. The van der Waals surface area contributed by atoms with Gasteiger partial charge in [0.1, 0.15) is 0 Å². The quantitative estimate of drug-likeness (QED) is 0.593. The van der Waals surface area contributed by atoms with Crippen molar-refractivity contribution in [2.45, 2.75) is 27.2 Å². The summed E-state index contributed by atoms with van der Waals surface area (Å²) in [5.74, 6) is -0.469. The van der Waals surface area contributed by atoms with Crippen LogP contribution in [0.25, 0.3) is 0 Å². The van der Waals surface area contributed by atoms with Crippen LogP contribution in [-0.2, 0) is 14.6 Å². The molecule has 0 saturated heterocycles. The Morgan fingerprint density at radius 3 is 2.33 bits per heavy atom. The second kappa shape index (κ2) is 6.00. The minimum Gasteiger partial charge on any atom is -0.465 e. The normalized spacial score (nSPS) is 13.1. The Morgan fingerprint density at radius 2 is 2.00 bits per heavy atom. The monoisotopic (exact) mass is 173 g/mol. The summed E-state index contributed by atoms with van der Waals surface area (Å²) < 4.78 is 4.91. The number of ether oxygens (including phenoxy) is 1. The Balaban J connectivity index is 3.69. The molecule has 0 N–H and O–H groups in total. The van der Waals surface area contributed by atoms with E-state index in [1.54, 1.807) is 0 Å². The van der Waals surface area contributed by atoms with E-state index < -0.39 is 5.92 Å². The Morgan fingerprint density at radius 1 is 1.42 bits per heavy atom. The summed E-state index contributed by atoms with van der Waals surface area (Å²) in [6, 6.07) is 0. The molecule has 0 heterocycles. The molecule has 0 spiro atoms. The van der Waals surface area contributed by atoms with Gasteiger partial charge in [0.15, 0.2) is 0 Å². The van der Waals surface area contributed by atoms with E-state index >= 15 is 0 Å². The zero-order valence-electron chi connectivity index (χ0n) is 8.00. The van der Waals surface area contributed by atoms with Crippen LogP contribution in [0, 0.1) is 11.8 Å². The highest BCUT2D eigenvalue weighted by atomic mass is 16.5. The molecule has 0 aromatic rings. The summed E-state index contributed by atoms with van der Waals surface area (Å²) in [4.78, 5) is 11.1. The number of carbonyl (C=O) groups is 1. The van der Waals surface area contributed by atoms with Gasteiger partial charge < -0.3 is 4.74 Å². The van der Waals surface area contributed by atoms with Gasteiger partial charge in [-0.15, -0.1) is 0 Å². The summed E-state index contributed by atoms with van der Waals surface area (Å²) in [5.41, 5.74) is 0. The molecule has 71 valence electrons. The maximum absolute atomic E-state index is 11.1. The summed E-state index contributed by atoms with van der Waals surface area (Å²) in [6.45, 7) is 5.79. The molecule has 0 fully saturated rings. The second-order valence-corrected chi connectivity index (χ2v) is 3.30. The topological polar surface area (TPSA) is 46.2 Å². The van der Waals surface area contributed by atoms with Crippen LogP contribution in [-0.4, -0.2) is 19.2 Å². The van der Waals surface area contributed by atoms with E-state index in [1.807, 2.05) is 20.8 Å². The zero-order chi connectivity index (χ0) is 9.56. The van der Waals surface area contributed by atoms with E-state index in [1.165, 1.54) is 0 Å². The molecule has 0 amide bonds. The van der Waals surface area contributed by atoms with Crippen LogP contribution in [0.2, 0.25) is 0 Å². The predicted octanol–water partition coefficient (Wildman–Crippen LogP) is 1.64. The van der Waals surface area contributed by atoms with Crippen molar-refractivity contribution in [1.29, 1.82) is 0 Å². The lowest BCUT2D eigenvalue weighted by Gasteiger charge is -2.11. The van der Waals surface area contributed by atoms with Crippen LogP contribution in [0.5, 0.6) is 0 Å². The van der Waals surface area contributed by atoms with Crippen molar-refractivity contribution in [3.63, 3.8) is 0 Å². The molecule has 0 rings (SSSR count). The minimum absolute atomic E-state index is 0.332. The van der Waals surface area contributed by atoms with Crippen molar-refractivity contribution in [3.05, 3.63) is 0 Å². The van der Waals surface area contributed by atoms with Gasteiger partial charge in [0.05, 0.1) is 19.1 Å². The molecular formula is C9H17O3. The lowest BCUT2D eigenvalue weighted by atomic mass is 10.1. The largest absolute Gasteiger partial charge is 0.465 e. The number of hydrogen-bond acceptors (Lipinski definition) is 2. The maximum atomic E-state index is 11.1. The van der Waals surface area contributed by atoms with E-state index in [2.05, 4.69) is 0 Å². The SMILES string of the molecule is CCC(C[O])C(=O)OCC(C)C. The highest BCUT2D eigenvalue weighted by molar-refractivity contribution is 5.72. The molecule has 0 aliphatic heterocycles. The van der Waals surface area contributed by atoms with Crippen molar-refractivity contribution in [2.75, 3.05) is 13.2 Å². The summed E-state index contributed by atoms with van der Waals surface area (Å²) >= 11 is 0. The molecule has 0 saturated carbocycles. The van der Waals surface area contributed by atoms with Crippen LogP contribution in [0.3, 0.4) is 0 Å². The van der Waals surface area contributed by atoms with E-state index in [9.17, 15) is 9.90 Å². The van der Waals surface area contributed by atoms with E-state index in [0.717, 1.165) is 0 Å². The molecule has 0 bridgehead atoms. The average molecular weight is 173 g/mol. The Kier molecular flexibility index (Phi) is 5.72. The van der Waals surface area contributed by atoms with Crippen LogP contribution in [0.1, 0.15) is 27.2 Å². The molecule has 12 heavy (non-hydrogen) atoms. The van der Waals surface area contributed by atoms with Crippen LogP contribution < -0.4 is 0 Å². The number of hydrogen-bond donors (Lipinski definition) is 0. The molecule has 0 aliphatic rings. The van der Waals surface area contributed by atoms with Gasteiger partial charge in [-0.2, -0.15) is 0 Å². The van der Waals surface area contributed by atoms with E-state index in [0.29, 0.717) is 18.9 Å². The van der Waals surface area contributed by atoms with E-state index in [4.69, 9.17) is 4.74 Å². The fraction of sp³-hybridized carbons (Fsp3) is 0.889. The lowest BCUT2D eigenvalue weighted by molar-refractivity contribution is -0.151. The number of carbonyl (C=O) groups excluding carboxylic acids is 1. The van der Waals surface area contributed by atoms with Gasteiger partial charge in [0, 0.05) is 0 Å². The molecule has 1 atom stereocenters. The van der Waals surface area contributed by atoms with Crippen molar-refractivity contribution >= 4 is 5.97 Å². The van der Waals surface area contributed by atoms with E-state index in [-0.39, 0.29) is 12.6 Å². The predicted molar refractivity (Wildman–Crippen MR) is 45.1 cm³/mol. The van der Waals surface area contributed by atoms with Crippen LogP contribution in [0.4, 0.5) is 0 Å². The molecular weight excluding hydrogens is 156 g/mol. The van der Waals surface area contributed by atoms with Crippen LogP contribution >= 0.6 is 0 Å². The third-order valence-electron chi connectivity index (χ3n) is 1.59. The zero-order valence-corrected chi connectivity index (χ0v) is 8.00. The summed E-state index contributed by atoms with van der Waals surface area (Å²) in [5, 5.41) is 10.4. The standard InChI is InChI=1S/C9H17O3/c1-4-8(5-10)9(11)12-6-7(2)3/h7-8H,4-6H2,1-3H3. The highest BCUT2D eigenvalue weighted by Crippen LogP contribution is 2.05. The average Bonchev–Trinajstić information content (AvgIpc) is 2.03. The highest BCUT2D eigenvalue weighted by Gasteiger charge is 2.17. The molecule has 0 aliphatic carbocycles. The van der Waals surface area contributed by atoms with Gasteiger partial charge in [0.2, 0.25) is 0 Å². The fourth-order valence-electron chi connectivity index (χ4n) is 0.719. The van der Waals surface area contributed by atoms with Gasteiger partial charge in [-0.05, 0) is 12.3 Å². The summed E-state index contributed by atoms with van der Waals surface area (Å²) in [7, 11) is 0. The smallest absolute Gasteiger partial charge is 0.311 e. The number of esters is 1. The first-order chi connectivity index (χ1) is 5.61. The third kappa shape index (κ3) is 4.34. The first-order valence-electron chi connectivity index (χ1n) is 4.36. The van der Waals surface area contributed by atoms with Gasteiger partial charge in [-0.1, -0.05) is 20.8 Å². The van der Waals surface area contributed by atoms with Crippen molar-refractivity contribution in [3.8, 4) is 0 Å². The van der Waals surface area contributed by atoms with Gasteiger partial charge in [0.25, 0.3) is 0 Å². The molecule has 0 aromatic carbocycles. The minimum atomic E-state index is -0.455. The van der Waals surface area contributed by atoms with Gasteiger partial charge in [-0.25, -0.2) is 5.11 Å². The molecule has 1 radical (unpaired) electrons. The Hall–Kier alpha value is -0.570. The molecule has 3 heteroatoms. The molecule has 1 unspecified atom stereocenters. The first kappa shape index (κ1) is 11.4. The molecule has 0 aromatic heterocycles. The fourth-order valence-corrected chi connectivity index (χ4v) is 0.719. The Labute approximate surface area is 73.7 Å². The van der Waals surface area contributed by atoms with Crippen LogP contribution in [0.15, 0.2) is 0 Å². The van der Waals surface area contributed by atoms with Crippen molar-refractivity contribution < 1.29 is 14.6 Å². The van der Waals surface area contributed by atoms with Gasteiger partial charge in [-0.3, -0.25) is 4.79 Å². The third-order valence-corrected chi connectivity index (χ3v) is 1.59. The Bertz CT molecular complexity index is 128. The second-order valence-electron chi connectivity index (χ2n) is 3.30. The van der Waals surface area contributed by atoms with Crippen molar-refractivity contribution in [2.24, 2.45) is 11.8 Å². The number of rotatable bonds is 5. The summed E-state index contributed by atoms with van der Waals surface area (Å²) in [6.07, 6.45) is 0.570. The van der Waals surface area contributed by atoms with Gasteiger partial charge >= 0.3 is 5.97 Å². The first-order valence-corrected chi connectivity index (χ1v) is 4.36. The van der Waals surface area contributed by atoms with Crippen molar-refractivity contribution in [1.82, 2.24) is 0 Å². The maximum Gasteiger partial charge on any atom is 0.311 e. The molecule has 3 nitrogen and oxygen atoms in total.